The van der Waals surface area contributed by atoms with E-state index in [2.05, 4.69) is 55.4 Å². The van der Waals surface area contributed by atoms with E-state index in [9.17, 15) is 0 Å². The van der Waals surface area contributed by atoms with Gasteiger partial charge in [0.05, 0.1) is 16.7 Å². The third-order valence-corrected chi connectivity index (χ3v) is 6.07. The SMILES string of the molecule is Cc1cccc(-c2nn3ccccc3c2-c2ccnc3cc(CCCCN(C)C)ccc23)n1. The second kappa shape index (κ2) is 9.12. The van der Waals surface area contributed by atoms with Gasteiger partial charge in [-0.05, 0) is 94.4 Å². The number of aryl methyl sites for hydroxylation is 2. The molecule has 0 atom stereocenters. The average Bonchev–Trinajstić information content (AvgIpc) is 3.21. The maximum atomic E-state index is 4.92. The van der Waals surface area contributed by atoms with Gasteiger partial charge in [-0.1, -0.05) is 24.3 Å². The van der Waals surface area contributed by atoms with Crippen LogP contribution in [-0.2, 0) is 6.42 Å². The monoisotopic (exact) mass is 435 g/mol. The van der Waals surface area contributed by atoms with Crippen LogP contribution in [0.5, 0.6) is 0 Å². The molecule has 0 amide bonds. The van der Waals surface area contributed by atoms with Crippen molar-refractivity contribution < 1.29 is 0 Å². The molecule has 166 valence electrons. The quantitative estimate of drug-likeness (QED) is 0.303. The van der Waals surface area contributed by atoms with Gasteiger partial charge in [-0.15, -0.1) is 0 Å². The smallest absolute Gasteiger partial charge is 0.120 e. The van der Waals surface area contributed by atoms with E-state index in [-0.39, 0.29) is 0 Å². The van der Waals surface area contributed by atoms with Gasteiger partial charge in [0.1, 0.15) is 5.69 Å². The zero-order valence-electron chi connectivity index (χ0n) is 19.5. The van der Waals surface area contributed by atoms with Crippen molar-refractivity contribution in [1.29, 1.82) is 0 Å². The highest BCUT2D eigenvalue weighted by Gasteiger charge is 2.19. The molecule has 0 saturated heterocycles. The van der Waals surface area contributed by atoms with E-state index in [0.717, 1.165) is 57.6 Å². The van der Waals surface area contributed by atoms with E-state index < -0.39 is 0 Å². The molecule has 0 unspecified atom stereocenters. The van der Waals surface area contributed by atoms with Crippen LogP contribution in [0.3, 0.4) is 0 Å². The largest absolute Gasteiger partial charge is 0.309 e. The van der Waals surface area contributed by atoms with Gasteiger partial charge in [-0.25, -0.2) is 4.52 Å². The fraction of sp³-hybridized carbons (Fsp3) is 0.250. The molecule has 1 aromatic carbocycles. The molecule has 0 spiro atoms. The van der Waals surface area contributed by atoms with Crippen LogP contribution in [0.2, 0.25) is 0 Å². The standard InChI is InChI=1S/C28H29N5/c1-20-9-8-11-24(30-20)28-27(26-12-5-7-18-33(26)31-28)23-15-16-29-25-19-21(13-14-22(23)25)10-4-6-17-32(2)3/h5,7-9,11-16,18-19H,4,6,10,17H2,1-3H3. The Morgan fingerprint density at radius 2 is 1.85 bits per heavy atom. The number of aromatic nitrogens is 4. The van der Waals surface area contributed by atoms with E-state index in [1.807, 2.05) is 48.1 Å². The van der Waals surface area contributed by atoms with Crippen molar-refractivity contribution >= 4 is 16.4 Å². The Labute approximate surface area is 194 Å². The summed E-state index contributed by atoms with van der Waals surface area (Å²) < 4.78 is 1.94. The number of unbranched alkanes of at least 4 members (excludes halogenated alkanes) is 1. The van der Waals surface area contributed by atoms with Crippen LogP contribution in [0.4, 0.5) is 0 Å². The van der Waals surface area contributed by atoms with Gasteiger partial charge in [0.2, 0.25) is 0 Å². The van der Waals surface area contributed by atoms with E-state index in [1.165, 1.54) is 18.4 Å². The molecule has 0 aliphatic heterocycles. The second-order valence-corrected chi connectivity index (χ2v) is 8.89. The maximum absolute atomic E-state index is 4.92. The average molecular weight is 436 g/mol. The maximum Gasteiger partial charge on any atom is 0.120 e. The summed E-state index contributed by atoms with van der Waals surface area (Å²) in [4.78, 5) is 11.7. The zero-order chi connectivity index (χ0) is 22.8. The summed E-state index contributed by atoms with van der Waals surface area (Å²) in [5.74, 6) is 0. The van der Waals surface area contributed by atoms with Gasteiger partial charge >= 0.3 is 0 Å². The predicted molar refractivity (Wildman–Crippen MR) is 135 cm³/mol. The summed E-state index contributed by atoms with van der Waals surface area (Å²) in [6.45, 7) is 3.14. The molecule has 4 aromatic heterocycles. The summed E-state index contributed by atoms with van der Waals surface area (Å²) in [7, 11) is 4.25. The van der Waals surface area contributed by atoms with E-state index >= 15 is 0 Å². The van der Waals surface area contributed by atoms with Crippen molar-refractivity contribution in [2.75, 3.05) is 20.6 Å². The Morgan fingerprint density at radius 1 is 0.939 bits per heavy atom. The molecule has 0 bridgehead atoms. The third-order valence-electron chi connectivity index (χ3n) is 6.07. The summed E-state index contributed by atoms with van der Waals surface area (Å²) in [6.07, 6.45) is 7.36. The molecule has 5 heteroatoms. The van der Waals surface area contributed by atoms with Crippen LogP contribution in [-0.4, -0.2) is 45.1 Å². The first kappa shape index (κ1) is 21.3. The van der Waals surface area contributed by atoms with E-state index in [0.29, 0.717) is 0 Å². The molecular weight excluding hydrogens is 406 g/mol. The van der Waals surface area contributed by atoms with Gasteiger partial charge in [0.25, 0.3) is 0 Å². The highest BCUT2D eigenvalue weighted by molar-refractivity contribution is 6.03. The van der Waals surface area contributed by atoms with Crippen LogP contribution < -0.4 is 0 Å². The minimum atomic E-state index is 0.885. The normalized spacial score (nSPS) is 11.6. The van der Waals surface area contributed by atoms with Crippen molar-refractivity contribution in [1.82, 2.24) is 24.5 Å². The Balaban J connectivity index is 1.60. The fourth-order valence-electron chi connectivity index (χ4n) is 4.44. The molecular formula is C28H29N5. The molecule has 5 nitrogen and oxygen atoms in total. The molecule has 5 rings (SSSR count). The fourth-order valence-corrected chi connectivity index (χ4v) is 4.44. The molecule has 33 heavy (non-hydrogen) atoms. The minimum absolute atomic E-state index is 0.885. The highest BCUT2D eigenvalue weighted by Crippen LogP contribution is 2.38. The van der Waals surface area contributed by atoms with Gasteiger partial charge in [-0.2, -0.15) is 5.10 Å². The van der Waals surface area contributed by atoms with Crippen molar-refractivity contribution in [3.63, 3.8) is 0 Å². The molecule has 0 saturated carbocycles. The van der Waals surface area contributed by atoms with Gasteiger partial charge < -0.3 is 4.90 Å². The van der Waals surface area contributed by atoms with Crippen molar-refractivity contribution in [3.05, 3.63) is 84.3 Å². The van der Waals surface area contributed by atoms with Gasteiger partial charge in [0.15, 0.2) is 0 Å². The van der Waals surface area contributed by atoms with Crippen LogP contribution in [0.1, 0.15) is 24.1 Å². The number of hydrogen-bond acceptors (Lipinski definition) is 4. The Morgan fingerprint density at radius 3 is 2.70 bits per heavy atom. The molecule has 4 heterocycles. The Kier molecular flexibility index (Phi) is 5.88. The Bertz CT molecular complexity index is 1420. The lowest BCUT2D eigenvalue weighted by Crippen LogP contribution is -2.12. The highest BCUT2D eigenvalue weighted by atomic mass is 15.2. The summed E-state index contributed by atoms with van der Waals surface area (Å²) in [6, 6.07) is 21.1. The number of hydrogen-bond donors (Lipinski definition) is 0. The second-order valence-electron chi connectivity index (χ2n) is 8.89. The number of pyridine rings is 3. The van der Waals surface area contributed by atoms with Crippen LogP contribution in [0.15, 0.2) is 73.1 Å². The van der Waals surface area contributed by atoms with Gasteiger partial charge in [-0.3, -0.25) is 9.97 Å². The van der Waals surface area contributed by atoms with Crippen LogP contribution >= 0.6 is 0 Å². The predicted octanol–water partition coefficient (Wildman–Crippen LogP) is 5.80. The van der Waals surface area contributed by atoms with Crippen LogP contribution in [0.25, 0.3) is 38.9 Å². The minimum Gasteiger partial charge on any atom is -0.309 e. The van der Waals surface area contributed by atoms with Crippen molar-refractivity contribution in [2.24, 2.45) is 0 Å². The molecule has 5 aromatic rings. The first-order chi connectivity index (χ1) is 16.1. The van der Waals surface area contributed by atoms with Crippen molar-refractivity contribution in [2.45, 2.75) is 26.2 Å². The van der Waals surface area contributed by atoms with E-state index in [4.69, 9.17) is 15.1 Å². The first-order valence-corrected chi connectivity index (χ1v) is 11.5. The van der Waals surface area contributed by atoms with Crippen molar-refractivity contribution in [3.8, 4) is 22.5 Å². The molecule has 0 radical (unpaired) electrons. The number of rotatable bonds is 7. The number of nitrogens with zero attached hydrogens (tertiary/aromatic N) is 5. The Hall–Kier alpha value is -3.57. The summed E-state index contributed by atoms with van der Waals surface area (Å²) >= 11 is 0. The van der Waals surface area contributed by atoms with Crippen LogP contribution in [0, 0.1) is 6.92 Å². The topological polar surface area (TPSA) is 46.3 Å². The zero-order valence-corrected chi connectivity index (χ0v) is 19.5. The number of benzene rings is 1. The first-order valence-electron chi connectivity index (χ1n) is 11.5. The lowest BCUT2D eigenvalue weighted by molar-refractivity contribution is 0.394. The van der Waals surface area contributed by atoms with Gasteiger partial charge in [0, 0.05) is 29.0 Å². The lowest BCUT2D eigenvalue weighted by atomic mass is 9.97. The third kappa shape index (κ3) is 4.37. The molecule has 0 aliphatic rings. The number of fused-ring (bicyclic) bond motifs is 2. The molecule has 0 N–H and O–H groups in total. The summed E-state index contributed by atoms with van der Waals surface area (Å²) in [5, 5.41) is 6.06. The lowest BCUT2D eigenvalue weighted by Gasteiger charge is -2.11. The molecule has 0 aliphatic carbocycles. The summed E-state index contributed by atoms with van der Waals surface area (Å²) in [5.41, 5.74) is 8.42. The van der Waals surface area contributed by atoms with E-state index in [1.54, 1.807) is 0 Å². The molecule has 0 fully saturated rings.